The van der Waals surface area contributed by atoms with Crippen molar-refractivity contribution in [1.29, 1.82) is 5.26 Å². The molecule has 1 aliphatic heterocycles. The molecule has 0 N–H and O–H groups in total. The number of rotatable bonds is 1. The molecule has 1 saturated carbocycles. The molecule has 0 radical (unpaired) electrons. The molecule has 0 saturated heterocycles. The average molecular weight is 268 g/mol. The predicted octanol–water partition coefficient (Wildman–Crippen LogP) is 3.44. The molecule has 3 nitrogen and oxygen atoms in total. The summed E-state index contributed by atoms with van der Waals surface area (Å²) in [6.07, 6.45) is 6.63. The fraction of sp³-hybridized carbons (Fsp3) is 0.529. The molecule has 1 aromatic carbocycles. The zero-order valence-electron chi connectivity index (χ0n) is 11.8. The molecule has 104 valence electrons. The number of benzene rings is 1. The van der Waals surface area contributed by atoms with E-state index in [1.54, 1.807) is 0 Å². The molecule has 0 atom stereocenters. The van der Waals surface area contributed by atoms with Crippen molar-refractivity contribution < 1.29 is 4.79 Å². The predicted molar refractivity (Wildman–Crippen MR) is 78.2 cm³/mol. The second-order valence-corrected chi connectivity index (χ2v) is 5.94. The van der Waals surface area contributed by atoms with Gasteiger partial charge in [0, 0.05) is 12.2 Å². The van der Waals surface area contributed by atoms with Gasteiger partial charge in [-0.05, 0) is 30.9 Å². The van der Waals surface area contributed by atoms with Gasteiger partial charge in [-0.2, -0.15) is 5.26 Å². The smallest absolute Gasteiger partial charge is 0.247 e. The average Bonchev–Trinajstić information content (AvgIpc) is 2.76. The van der Waals surface area contributed by atoms with Crippen molar-refractivity contribution in [2.24, 2.45) is 5.41 Å². The number of nitriles is 1. The van der Waals surface area contributed by atoms with Gasteiger partial charge in [-0.1, -0.05) is 43.9 Å². The number of anilines is 1. The lowest BCUT2D eigenvalue weighted by atomic mass is 9.80. The van der Waals surface area contributed by atoms with Gasteiger partial charge in [-0.15, -0.1) is 0 Å². The standard InChI is InChI=1S/C17H20N2O/c18-13-17(10-5-1-2-6-11-17)16(20)19-12-9-14-7-3-4-8-15(14)19/h3-4,7-8H,1-2,5-6,9-12H2. The molecule has 1 fully saturated rings. The molecule has 0 unspecified atom stereocenters. The van der Waals surface area contributed by atoms with Gasteiger partial charge in [0.05, 0.1) is 6.07 Å². The van der Waals surface area contributed by atoms with Crippen molar-refractivity contribution in [1.82, 2.24) is 0 Å². The molecule has 2 aliphatic rings. The summed E-state index contributed by atoms with van der Waals surface area (Å²) >= 11 is 0. The molecule has 1 heterocycles. The highest BCUT2D eigenvalue weighted by atomic mass is 16.2. The van der Waals surface area contributed by atoms with Crippen molar-refractivity contribution in [2.75, 3.05) is 11.4 Å². The van der Waals surface area contributed by atoms with Crippen LogP contribution in [0.2, 0.25) is 0 Å². The first-order valence-corrected chi connectivity index (χ1v) is 7.58. The lowest BCUT2D eigenvalue weighted by molar-refractivity contribution is -0.126. The molecule has 3 rings (SSSR count). The summed E-state index contributed by atoms with van der Waals surface area (Å²) in [6.45, 7) is 0.724. The van der Waals surface area contributed by atoms with Crippen molar-refractivity contribution in [3.63, 3.8) is 0 Å². The monoisotopic (exact) mass is 268 g/mol. The minimum absolute atomic E-state index is 0.0341. The fourth-order valence-electron chi connectivity index (χ4n) is 3.51. The first-order valence-electron chi connectivity index (χ1n) is 7.58. The number of nitrogens with zero attached hydrogens (tertiary/aromatic N) is 2. The number of amides is 1. The minimum Gasteiger partial charge on any atom is -0.310 e. The normalized spacial score (nSPS) is 20.9. The number of carbonyl (C=O) groups is 1. The molecule has 20 heavy (non-hydrogen) atoms. The topological polar surface area (TPSA) is 44.1 Å². The fourth-order valence-corrected chi connectivity index (χ4v) is 3.51. The quantitative estimate of drug-likeness (QED) is 0.732. The molecule has 3 heteroatoms. The molecule has 0 spiro atoms. The molecule has 1 aliphatic carbocycles. The van der Waals surface area contributed by atoms with Gasteiger partial charge in [0.25, 0.3) is 0 Å². The van der Waals surface area contributed by atoms with Crippen LogP contribution in [0.5, 0.6) is 0 Å². The Kier molecular flexibility index (Phi) is 3.48. The maximum atomic E-state index is 13.0. The van der Waals surface area contributed by atoms with Crippen LogP contribution in [0.4, 0.5) is 5.69 Å². The Balaban J connectivity index is 1.90. The van der Waals surface area contributed by atoms with E-state index >= 15 is 0 Å². The highest BCUT2D eigenvalue weighted by Crippen LogP contribution is 2.39. The third kappa shape index (κ3) is 2.10. The lowest BCUT2D eigenvalue weighted by Gasteiger charge is -2.29. The number of hydrogen-bond donors (Lipinski definition) is 0. The van der Waals surface area contributed by atoms with Crippen LogP contribution in [0.25, 0.3) is 0 Å². The first-order chi connectivity index (χ1) is 9.77. The van der Waals surface area contributed by atoms with Crippen LogP contribution in [0.1, 0.15) is 44.1 Å². The summed E-state index contributed by atoms with van der Waals surface area (Å²) in [5, 5.41) is 9.65. The SMILES string of the molecule is N#CC1(C(=O)N2CCc3ccccc32)CCCCCC1. The van der Waals surface area contributed by atoms with E-state index in [-0.39, 0.29) is 5.91 Å². The van der Waals surface area contributed by atoms with E-state index in [0.29, 0.717) is 0 Å². The third-order valence-electron chi connectivity index (χ3n) is 4.71. The molecular weight excluding hydrogens is 248 g/mol. The minimum atomic E-state index is -0.784. The Labute approximate surface area is 120 Å². The Morgan fingerprint density at radius 2 is 1.85 bits per heavy atom. The van der Waals surface area contributed by atoms with Crippen molar-refractivity contribution in [3.8, 4) is 6.07 Å². The van der Waals surface area contributed by atoms with Gasteiger partial charge in [0.15, 0.2) is 0 Å². The number of carbonyl (C=O) groups excluding carboxylic acids is 1. The number of hydrogen-bond acceptors (Lipinski definition) is 2. The van der Waals surface area contributed by atoms with Crippen molar-refractivity contribution in [2.45, 2.75) is 44.9 Å². The summed E-state index contributed by atoms with van der Waals surface area (Å²) in [5.41, 5.74) is 1.45. The third-order valence-corrected chi connectivity index (χ3v) is 4.71. The molecule has 1 aromatic rings. The van der Waals surface area contributed by atoms with Crippen LogP contribution in [0.15, 0.2) is 24.3 Å². The van der Waals surface area contributed by atoms with Crippen LogP contribution in [-0.2, 0) is 11.2 Å². The van der Waals surface area contributed by atoms with E-state index in [1.165, 1.54) is 5.56 Å². The van der Waals surface area contributed by atoms with Crippen molar-refractivity contribution in [3.05, 3.63) is 29.8 Å². The van der Waals surface area contributed by atoms with Gasteiger partial charge in [-0.3, -0.25) is 4.79 Å². The zero-order valence-corrected chi connectivity index (χ0v) is 11.8. The Morgan fingerprint density at radius 1 is 1.15 bits per heavy atom. The van der Waals surface area contributed by atoms with Gasteiger partial charge < -0.3 is 4.90 Å². The highest BCUT2D eigenvalue weighted by molar-refractivity contribution is 6.01. The van der Waals surface area contributed by atoms with Crippen LogP contribution < -0.4 is 4.90 Å². The van der Waals surface area contributed by atoms with Gasteiger partial charge in [-0.25, -0.2) is 0 Å². The van der Waals surface area contributed by atoms with Gasteiger partial charge in [0.2, 0.25) is 5.91 Å². The van der Waals surface area contributed by atoms with E-state index in [0.717, 1.165) is 57.2 Å². The van der Waals surface area contributed by atoms with Crippen LogP contribution >= 0.6 is 0 Å². The van der Waals surface area contributed by atoms with E-state index < -0.39 is 5.41 Å². The molecular formula is C17H20N2O. The zero-order chi connectivity index (χ0) is 14.0. The number of para-hydroxylation sites is 1. The lowest BCUT2D eigenvalue weighted by Crippen LogP contribution is -2.42. The van der Waals surface area contributed by atoms with Gasteiger partial charge >= 0.3 is 0 Å². The van der Waals surface area contributed by atoms with E-state index in [4.69, 9.17) is 0 Å². The summed E-state index contributed by atoms with van der Waals surface area (Å²) in [7, 11) is 0. The van der Waals surface area contributed by atoms with Crippen LogP contribution in [0.3, 0.4) is 0 Å². The molecule has 1 amide bonds. The summed E-state index contributed by atoms with van der Waals surface area (Å²) < 4.78 is 0. The summed E-state index contributed by atoms with van der Waals surface area (Å²) in [5.74, 6) is 0.0341. The summed E-state index contributed by atoms with van der Waals surface area (Å²) in [6, 6.07) is 10.4. The van der Waals surface area contributed by atoms with Crippen LogP contribution in [-0.4, -0.2) is 12.5 Å². The van der Waals surface area contributed by atoms with Crippen LogP contribution in [0, 0.1) is 16.7 Å². The second-order valence-electron chi connectivity index (χ2n) is 5.94. The largest absolute Gasteiger partial charge is 0.310 e. The molecule has 0 aromatic heterocycles. The van der Waals surface area contributed by atoms with E-state index in [1.807, 2.05) is 23.1 Å². The van der Waals surface area contributed by atoms with E-state index in [2.05, 4.69) is 12.1 Å². The van der Waals surface area contributed by atoms with Crippen molar-refractivity contribution >= 4 is 11.6 Å². The van der Waals surface area contributed by atoms with E-state index in [9.17, 15) is 10.1 Å². The Hall–Kier alpha value is -1.82. The van der Waals surface area contributed by atoms with Gasteiger partial charge in [0.1, 0.15) is 5.41 Å². The second kappa shape index (κ2) is 5.28. The first kappa shape index (κ1) is 13.2. The highest BCUT2D eigenvalue weighted by Gasteiger charge is 2.43. The molecule has 0 bridgehead atoms. The Morgan fingerprint density at radius 3 is 2.55 bits per heavy atom. The Bertz CT molecular complexity index is 550. The maximum Gasteiger partial charge on any atom is 0.247 e. The maximum absolute atomic E-state index is 13.0. The number of fused-ring (bicyclic) bond motifs is 1. The summed E-state index contributed by atoms with van der Waals surface area (Å²) in [4.78, 5) is 14.8.